The lowest BCUT2D eigenvalue weighted by molar-refractivity contribution is -0.119. The Morgan fingerprint density at radius 3 is 2.50 bits per heavy atom. The van der Waals surface area contributed by atoms with Crippen LogP contribution < -0.4 is 15.8 Å². The summed E-state index contributed by atoms with van der Waals surface area (Å²) in [6.07, 6.45) is 1.69. The summed E-state index contributed by atoms with van der Waals surface area (Å²) in [6, 6.07) is 15.1. The highest BCUT2D eigenvalue weighted by atomic mass is 16.5. The monoisotopic (exact) mass is 382 g/mol. The van der Waals surface area contributed by atoms with Crippen LogP contribution in [0, 0.1) is 6.92 Å². The molecule has 0 saturated carbocycles. The van der Waals surface area contributed by atoms with Gasteiger partial charge in [0.25, 0.3) is 11.8 Å². The van der Waals surface area contributed by atoms with E-state index in [2.05, 4.69) is 24.4 Å². The van der Waals surface area contributed by atoms with Gasteiger partial charge in [0.2, 0.25) is 0 Å². The van der Waals surface area contributed by atoms with Crippen LogP contribution in [0.1, 0.15) is 34.3 Å². The summed E-state index contributed by atoms with van der Waals surface area (Å²) in [5.74, 6) is -0.480. The summed E-state index contributed by atoms with van der Waals surface area (Å²) >= 11 is 0. The van der Waals surface area contributed by atoms with Crippen LogP contribution in [0.3, 0.4) is 0 Å². The van der Waals surface area contributed by atoms with E-state index in [9.17, 15) is 9.59 Å². The number of aryl methyl sites for hydroxylation is 1. The van der Waals surface area contributed by atoms with Gasteiger partial charge in [-0.25, -0.2) is 0 Å². The Hall–Kier alpha value is -2.86. The quantitative estimate of drug-likeness (QED) is 0.769. The van der Waals surface area contributed by atoms with Crippen LogP contribution in [0.25, 0.3) is 0 Å². The maximum absolute atomic E-state index is 12.9. The molecule has 1 saturated heterocycles. The molecule has 2 aromatic rings. The first kappa shape index (κ1) is 19.9. The molecule has 1 aliphatic heterocycles. The molecule has 0 radical (unpaired) electrons. The maximum Gasteiger partial charge on any atom is 0.255 e. The van der Waals surface area contributed by atoms with E-state index in [4.69, 9.17) is 15.2 Å². The van der Waals surface area contributed by atoms with E-state index in [0.717, 1.165) is 12.8 Å². The molecule has 28 heavy (non-hydrogen) atoms. The van der Waals surface area contributed by atoms with Crippen molar-refractivity contribution in [2.75, 3.05) is 26.4 Å². The molecular formula is C22H26N2O4. The van der Waals surface area contributed by atoms with Gasteiger partial charge in [0.1, 0.15) is 5.75 Å². The number of ether oxygens (including phenoxy) is 2. The molecular weight excluding hydrogens is 356 g/mol. The standard InChI is InChI=1S/C22H26N2O4/c1-16-6-2-4-8-18(16)22(10-12-27-13-11-22)15-24-21(26)17-7-3-5-9-19(17)28-14-20(23)25/h2-9H,10-15H2,1H3,(H2,23,25)(H,24,26). The zero-order valence-electron chi connectivity index (χ0n) is 16.1. The lowest BCUT2D eigenvalue weighted by Crippen LogP contribution is -2.45. The largest absolute Gasteiger partial charge is 0.483 e. The van der Waals surface area contributed by atoms with Crippen molar-refractivity contribution in [3.05, 3.63) is 65.2 Å². The van der Waals surface area contributed by atoms with Gasteiger partial charge in [0.15, 0.2) is 6.61 Å². The number of hydrogen-bond donors (Lipinski definition) is 2. The number of amides is 2. The zero-order chi connectivity index (χ0) is 20.0. The van der Waals surface area contributed by atoms with E-state index >= 15 is 0 Å². The highest BCUT2D eigenvalue weighted by Crippen LogP contribution is 2.36. The Morgan fingerprint density at radius 2 is 1.79 bits per heavy atom. The van der Waals surface area contributed by atoms with E-state index in [-0.39, 0.29) is 17.9 Å². The molecule has 2 amide bonds. The predicted molar refractivity (Wildman–Crippen MR) is 106 cm³/mol. The molecule has 0 unspecified atom stereocenters. The van der Waals surface area contributed by atoms with E-state index in [1.54, 1.807) is 24.3 Å². The van der Waals surface area contributed by atoms with Crippen LogP contribution in [-0.2, 0) is 14.9 Å². The molecule has 0 bridgehead atoms. The van der Waals surface area contributed by atoms with Gasteiger partial charge in [-0.3, -0.25) is 9.59 Å². The van der Waals surface area contributed by atoms with Crippen LogP contribution in [0.2, 0.25) is 0 Å². The van der Waals surface area contributed by atoms with Gasteiger partial charge in [-0.15, -0.1) is 0 Å². The van der Waals surface area contributed by atoms with Gasteiger partial charge in [0, 0.05) is 25.2 Å². The molecule has 148 valence electrons. The van der Waals surface area contributed by atoms with E-state index in [1.165, 1.54) is 11.1 Å². The summed E-state index contributed by atoms with van der Waals surface area (Å²) < 4.78 is 11.0. The Bertz CT molecular complexity index is 844. The Morgan fingerprint density at radius 1 is 1.11 bits per heavy atom. The topological polar surface area (TPSA) is 90.6 Å². The van der Waals surface area contributed by atoms with Crippen LogP contribution in [0.15, 0.2) is 48.5 Å². The van der Waals surface area contributed by atoms with E-state index in [1.807, 2.05) is 12.1 Å². The number of benzene rings is 2. The maximum atomic E-state index is 12.9. The fraction of sp³-hybridized carbons (Fsp3) is 0.364. The molecule has 0 atom stereocenters. The summed E-state index contributed by atoms with van der Waals surface area (Å²) in [7, 11) is 0. The third-order valence-corrected chi connectivity index (χ3v) is 5.26. The number of nitrogens with two attached hydrogens (primary N) is 1. The van der Waals surface area contributed by atoms with E-state index in [0.29, 0.717) is 31.1 Å². The van der Waals surface area contributed by atoms with Crippen molar-refractivity contribution in [2.24, 2.45) is 5.73 Å². The summed E-state index contributed by atoms with van der Waals surface area (Å²) in [5.41, 5.74) is 7.82. The molecule has 1 fully saturated rings. The van der Waals surface area contributed by atoms with E-state index < -0.39 is 5.91 Å². The minimum atomic E-state index is -0.587. The Balaban J connectivity index is 1.78. The normalized spacial score (nSPS) is 15.6. The van der Waals surface area contributed by atoms with Crippen molar-refractivity contribution in [3.8, 4) is 5.75 Å². The van der Waals surface area contributed by atoms with Gasteiger partial charge >= 0.3 is 0 Å². The summed E-state index contributed by atoms with van der Waals surface area (Å²) in [5, 5.41) is 3.07. The molecule has 6 nitrogen and oxygen atoms in total. The number of primary amides is 1. The Labute approximate surface area is 165 Å². The average Bonchev–Trinajstić information content (AvgIpc) is 2.71. The van der Waals surface area contributed by atoms with Crippen molar-refractivity contribution in [3.63, 3.8) is 0 Å². The lowest BCUT2D eigenvalue weighted by Gasteiger charge is -2.39. The number of carbonyl (C=O) groups excluding carboxylic acids is 2. The minimum Gasteiger partial charge on any atom is -0.483 e. The van der Waals surface area contributed by atoms with Gasteiger partial charge in [0.05, 0.1) is 5.56 Å². The first-order valence-electron chi connectivity index (χ1n) is 9.44. The van der Waals surface area contributed by atoms with Crippen molar-refractivity contribution < 1.29 is 19.1 Å². The summed E-state index contributed by atoms with van der Waals surface area (Å²) in [6.45, 7) is 3.67. The molecule has 0 spiro atoms. The second kappa shape index (κ2) is 8.89. The SMILES string of the molecule is Cc1ccccc1C1(CNC(=O)c2ccccc2OCC(N)=O)CCOCC1. The van der Waals surface area contributed by atoms with Gasteiger partial charge in [-0.05, 0) is 43.0 Å². The number of rotatable bonds is 7. The van der Waals surface area contributed by atoms with Gasteiger partial charge in [-0.1, -0.05) is 36.4 Å². The highest BCUT2D eigenvalue weighted by Gasteiger charge is 2.36. The van der Waals surface area contributed by atoms with Gasteiger partial charge < -0.3 is 20.5 Å². The third kappa shape index (κ3) is 4.51. The molecule has 3 N–H and O–H groups in total. The fourth-order valence-corrected chi connectivity index (χ4v) is 3.75. The predicted octanol–water partition coefficient (Wildman–Crippen LogP) is 2.34. The molecule has 1 aliphatic rings. The van der Waals surface area contributed by atoms with Crippen LogP contribution in [-0.4, -0.2) is 38.2 Å². The van der Waals surface area contributed by atoms with Crippen LogP contribution in [0.5, 0.6) is 5.75 Å². The first-order chi connectivity index (χ1) is 13.5. The molecule has 3 rings (SSSR count). The number of nitrogens with one attached hydrogen (secondary N) is 1. The molecule has 0 aliphatic carbocycles. The summed E-state index contributed by atoms with van der Waals surface area (Å²) in [4.78, 5) is 23.9. The minimum absolute atomic E-state index is 0.164. The molecule has 6 heteroatoms. The zero-order valence-corrected chi connectivity index (χ0v) is 16.1. The van der Waals surface area contributed by atoms with Crippen molar-refractivity contribution >= 4 is 11.8 Å². The lowest BCUT2D eigenvalue weighted by atomic mass is 9.72. The third-order valence-electron chi connectivity index (χ3n) is 5.26. The van der Waals surface area contributed by atoms with Crippen LogP contribution >= 0.6 is 0 Å². The second-order valence-corrected chi connectivity index (χ2v) is 7.14. The van der Waals surface area contributed by atoms with Crippen molar-refractivity contribution in [2.45, 2.75) is 25.2 Å². The van der Waals surface area contributed by atoms with Crippen molar-refractivity contribution in [1.82, 2.24) is 5.32 Å². The number of para-hydroxylation sites is 1. The molecule has 1 heterocycles. The van der Waals surface area contributed by atoms with Crippen LogP contribution in [0.4, 0.5) is 0 Å². The Kier molecular flexibility index (Phi) is 6.31. The first-order valence-corrected chi connectivity index (χ1v) is 9.44. The second-order valence-electron chi connectivity index (χ2n) is 7.14. The molecule has 2 aromatic carbocycles. The fourth-order valence-electron chi connectivity index (χ4n) is 3.75. The highest BCUT2D eigenvalue weighted by molar-refractivity contribution is 5.97. The number of carbonyl (C=O) groups is 2. The van der Waals surface area contributed by atoms with Crippen molar-refractivity contribution in [1.29, 1.82) is 0 Å². The van der Waals surface area contributed by atoms with Gasteiger partial charge in [-0.2, -0.15) is 0 Å². The number of hydrogen-bond acceptors (Lipinski definition) is 4. The molecule has 0 aromatic heterocycles. The smallest absolute Gasteiger partial charge is 0.255 e. The average molecular weight is 382 g/mol.